The summed E-state index contributed by atoms with van der Waals surface area (Å²) in [6, 6.07) is 3.38. The molecule has 0 aromatic carbocycles. The van der Waals surface area contributed by atoms with Crippen molar-refractivity contribution in [2.45, 2.75) is 0 Å². The third-order valence-corrected chi connectivity index (χ3v) is 1.40. The second-order valence-electron chi connectivity index (χ2n) is 1.85. The van der Waals surface area contributed by atoms with Gasteiger partial charge in [0.25, 0.3) is 0 Å². The van der Waals surface area contributed by atoms with Crippen molar-refractivity contribution in [3.63, 3.8) is 0 Å². The minimum atomic E-state index is 0.428. The van der Waals surface area contributed by atoms with Gasteiger partial charge in [0, 0.05) is 12.3 Å². The van der Waals surface area contributed by atoms with Crippen molar-refractivity contribution in [1.82, 2.24) is 4.98 Å². The highest BCUT2D eigenvalue weighted by Gasteiger charge is 1.93. The zero-order chi connectivity index (χ0) is 8.10. The Morgan fingerprint density at radius 3 is 3.00 bits per heavy atom. The standard InChI is InChI=1S/C7H7Cl2NO/c8-2-4-11-6-1-3-10-7(9)5-6/h1,3,5H,2,4H2. The third-order valence-electron chi connectivity index (χ3n) is 1.04. The molecule has 0 saturated carbocycles. The molecular weight excluding hydrogens is 185 g/mol. The molecule has 1 aromatic heterocycles. The molecule has 11 heavy (non-hydrogen) atoms. The Morgan fingerprint density at radius 2 is 2.36 bits per heavy atom. The molecule has 0 bridgehead atoms. The van der Waals surface area contributed by atoms with Crippen LogP contribution < -0.4 is 4.74 Å². The van der Waals surface area contributed by atoms with E-state index in [0.29, 0.717) is 23.4 Å². The monoisotopic (exact) mass is 191 g/mol. The summed E-state index contributed by atoms with van der Waals surface area (Å²) in [7, 11) is 0. The summed E-state index contributed by atoms with van der Waals surface area (Å²) in [6.07, 6.45) is 1.59. The quantitative estimate of drug-likeness (QED) is 0.541. The van der Waals surface area contributed by atoms with Crippen molar-refractivity contribution in [3.05, 3.63) is 23.5 Å². The fourth-order valence-electron chi connectivity index (χ4n) is 0.631. The van der Waals surface area contributed by atoms with Crippen molar-refractivity contribution in [3.8, 4) is 5.75 Å². The second kappa shape index (κ2) is 4.42. The first-order valence-corrected chi connectivity index (χ1v) is 4.04. The Bertz CT molecular complexity index is 229. The normalized spacial score (nSPS) is 9.64. The lowest BCUT2D eigenvalue weighted by Gasteiger charge is -2.01. The average molecular weight is 192 g/mol. The predicted octanol–water partition coefficient (Wildman–Crippen LogP) is 2.35. The molecule has 1 rings (SSSR count). The van der Waals surface area contributed by atoms with Gasteiger partial charge in [-0.15, -0.1) is 11.6 Å². The molecule has 1 heterocycles. The van der Waals surface area contributed by atoms with Crippen LogP contribution in [0.1, 0.15) is 0 Å². The average Bonchev–Trinajstić information content (AvgIpc) is 2.01. The van der Waals surface area contributed by atoms with Gasteiger partial charge in [0.1, 0.15) is 17.5 Å². The molecule has 0 radical (unpaired) electrons. The van der Waals surface area contributed by atoms with Gasteiger partial charge in [0.15, 0.2) is 0 Å². The topological polar surface area (TPSA) is 22.1 Å². The third kappa shape index (κ3) is 2.95. The van der Waals surface area contributed by atoms with E-state index >= 15 is 0 Å². The van der Waals surface area contributed by atoms with Crippen LogP contribution in [0.15, 0.2) is 18.3 Å². The number of aromatic nitrogens is 1. The number of pyridine rings is 1. The van der Waals surface area contributed by atoms with Crippen LogP contribution in [-0.4, -0.2) is 17.5 Å². The maximum atomic E-state index is 5.60. The summed E-state index contributed by atoms with van der Waals surface area (Å²) < 4.78 is 5.18. The van der Waals surface area contributed by atoms with Crippen LogP contribution in [0, 0.1) is 0 Å². The molecule has 0 N–H and O–H groups in total. The molecule has 0 fully saturated rings. The lowest BCUT2D eigenvalue weighted by Crippen LogP contribution is -1.97. The second-order valence-corrected chi connectivity index (χ2v) is 2.62. The van der Waals surface area contributed by atoms with Gasteiger partial charge >= 0.3 is 0 Å². The first-order chi connectivity index (χ1) is 5.33. The zero-order valence-corrected chi connectivity index (χ0v) is 7.27. The minimum Gasteiger partial charge on any atom is -0.492 e. The summed E-state index contributed by atoms with van der Waals surface area (Å²) in [5, 5.41) is 0.428. The van der Waals surface area contributed by atoms with Crippen molar-refractivity contribution in [1.29, 1.82) is 0 Å². The van der Waals surface area contributed by atoms with Crippen LogP contribution in [0.25, 0.3) is 0 Å². The number of ether oxygens (including phenoxy) is 1. The van der Waals surface area contributed by atoms with E-state index in [4.69, 9.17) is 27.9 Å². The lowest BCUT2D eigenvalue weighted by molar-refractivity contribution is 0.342. The molecule has 0 aliphatic rings. The fraction of sp³-hybridized carbons (Fsp3) is 0.286. The molecule has 0 amide bonds. The Kier molecular flexibility index (Phi) is 3.46. The SMILES string of the molecule is ClCCOc1ccnc(Cl)c1. The van der Waals surface area contributed by atoms with Gasteiger partial charge in [0.05, 0.1) is 5.88 Å². The molecule has 0 unspecified atom stereocenters. The highest BCUT2D eigenvalue weighted by molar-refractivity contribution is 6.29. The highest BCUT2D eigenvalue weighted by atomic mass is 35.5. The number of hydrogen-bond donors (Lipinski definition) is 0. The minimum absolute atomic E-state index is 0.428. The van der Waals surface area contributed by atoms with E-state index in [9.17, 15) is 0 Å². The number of halogens is 2. The van der Waals surface area contributed by atoms with Crippen LogP contribution in [0.4, 0.5) is 0 Å². The molecule has 4 heteroatoms. The molecule has 1 aromatic rings. The van der Waals surface area contributed by atoms with E-state index in [1.807, 2.05) is 0 Å². The Labute approximate surface area is 75.1 Å². The number of hydrogen-bond acceptors (Lipinski definition) is 2. The first kappa shape index (κ1) is 8.62. The van der Waals surface area contributed by atoms with Gasteiger partial charge in [-0.2, -0.15) is 0 Å². The Morgan fingerprint density at radius 1 is 1.55 bits per heavy atom. The maximum absolute atomic E-state index is 5.60. The molecule has 60 valence electrons. The van der Waals surface area contributed by atoms with Gasteiger partial charge in [0.2, 0.25) is 0 Å². The Balaban J connectivity index is 2.56. The van der Waals surface area contributed by atoms with Crippen molar-refractivity contribution < 1.29 is 4.74 Å². The molecule has 0 aliphatic carbocycles. The van der Waals surface area contributed by atoms with Crippen molar-refractivity contribution >= 4 is 23.2 Å². The summed E-state index contributed by atoms with van der Waals surface area (Å²) in [6.45, 7) is 0.488. The number of alkyl halides is 1. The van der Waals surface area contributed by atoms with Crippen molar-refractivity contribution in [2.75, 3.05) is 12.5 Å². The summed E-state index contributed by atoms with van der Waals surface area (Å²) in [5.41, 5.74) is 0. The smallest absolute Gasteiger partial charge is 0.132 e. The molecule has 0 atom stereocenters. The van der Waals surface area contributed by atoms with Gasteiger partial charge in [-0.1, -0.05) is 11.6 Å². The van der Waals surface area contributed by atoms with Gasteiger partial charge in [-0.25, -0.2) is 4.98 Å². The summed E-state index contributed by atoms with van der Waals surface area (Å²) >= 11 is 11.0. The van der Waals surface area contributed by atoms with E-state index in [1.165, 1.54) is 0 Å². The van der Waals surface area contributed by atoms with Gasteiger partial charge in [-0.05, 0) is 6.07 Å². The van der Waals surface area contributed by atoms with Gasteiger partial charge in [-0.3, -0.25) is 0 Å². The van der Waals surface area contributed by atoms with E-state index < -0.39 is 0 Å². The first-order valence-electron chi connectivity index (χ1n) is 3.13. The van der Waals surface area contributed by atoms with Crippen molar-refractivity contribution in [2.24, 2.45) is 0 Å². The number of rotatable bonds is 3. The fourth-order valence-corrected chi connectivity index (χ4v) is 0.872. The van der Waals surface area contributed by atoms with Crippen LogP contribution in [0.3, 0.4) is 0 Å². The lowest BCUT2D eigenvalue weighted by atomic mass is 10.4. The van der Waals surface area contributed by atoms with E-state index in [1.54, 1.807) is 18.3 Å². The number of nitrogens with zero attached hydrogens (tertiary/aromatic N) is 1. The van der Waals surface area contributed by atoms with Crippen LogP contribution in [0.2, 0.25) is 5.15 Å². The van der Waals surface area contributed by atoms with E-state index in [-0.39, 0.29) is 0 Å². The molecule has 0 aliphatic heterocycles. The van der Waals surface area contributed by atoms with Crippen LogP contribution >= 0.6 is 23.2 Å². The summed E-state index contributed by atoms with van der Waals surface area (Å²) in [4.78, 5) is 3.80. The van der Waals surface area contributed by atoms with Crippen LogP contribution in [-0.2, 0) is 0 Å². The van der Waals surface area contributed by atoms with E-state index in [2.05, 4.69) is 4.98 Å². The molecule has 0 spiro atoms. The molecular formula is C7H7Cl2NO. The molecule has 2 nitrogen and oxygen atoms in total. The maximum Gasteiger partial charge on any atom is 0.132 e. The van der Waals surface area contributed by atoms with Crippen LogP contribution in [0.5, 0.6) is 5.75 Å². The van der Waals surface area contributed by atoms with E-state index in [0.717, 1.165) is 0 Å². The zero-order valence-electron chi connectivity index (χ0n) is 5.76. The highest BCUT2D eigenvalue weighted by Crippen LogP contribution is 2.13. The largest absolute Gasteiger partial charge is 0.492 e. The Hall–Kier alpha value is -0.470. The predicted molar refractivity (Wildman–Crippen MR) is 45.5 cm³/mol. The summed E-state index contributed by atoms with van der Waals surface area (Å²) in [5.74, 6) is 1.17. The molecule has 0 saturated heterocycles. The van der Waals surface area contributed by atoms with Gasteiger partial charge < -0.3 is 4.74 Å².